The first-order chi connectivity index (χ1) is 9.83. The number of para-hydroxylation sites is 1. The number of nitrogens with zero attached hydrogens (tertiary/aromatic N) is 2. The second kappa shape index (κ2) is 5.82. The zero-order chi connectivity index (χ0) is 15.6. The summed E-state index contributed by atoms with van der Waals surface area (Å²) in [6.07, 6.45) is 0.939. The third kappa shape index (κ3) is 3.40. The van der Waals surface area contributed by atoms with Crippen molar-refractivity contribution in [1.82, 2.24) is 9.55 Å². The number of carbonyl (C=O) groups is 1. The molecule has 0 unspecified atom stereocenters. The summed E-state index contributed by atoms with van der Waals surface area (Å²) in [6.45, 7) is 2.28. The number of hydrogen-bond acceptors (Lipinski definition) is 4. The standard InChI is InChI=1S/C13H17N3O4S/c1-2-11-15-10-6-3-5-9(13(17)18)12(10)16(11)7-4-8-21(14,19)20/h3,5-6H,2,4,7-8H2,1H3,(H,17,18)(H2,14,19,20). The molecule has 0 radical (unpaired) electrons. The monoisotopic (exact) mass is 311 g/mol. The van der Waals surface area contributed by atoms with Gasteiger partial charge in [0.05, 0.1) is 22.3 Å². The smallest absolute Gasteiger partial charge is 0.337 e. The molecule has 2 rings (SSSR count). The summed E-state index contributed by atoms with van der Waals surface area (Å²) in [5, 5.41) is 14.3. The van der Waals surface area contributed by atoms with E-state index in [4.69, 9.17) is 5.14 Å². The Kier molecular flexibility index (Phi) is 4.29. The van der Waals surface area contributed by atoms with Crippen LogP contribution >= 0.6 is 0 Å². The highest BCUT2D eigenvalue weighted by Gasteiger charge is 2.17. The molecule has 0 amide bonds. The van der Waals surface area contributed by atoms with E-state index in [1.807, 2.05) is 6.92 Å². The van der Waals surface area contributed by atoms with E-state index in [1.54, 1.807) is 16.7 Å². The molecule has 3 N–H and O–H groups in total. The maximum atomic E-state index is 11.3. The Morgan fingerprint density at radius 3 is 2.71 bits per heavy atom. The highest BCUT2D eigenvalue weighted by atomic mass is 32.2. The van der Waals surface area contributed by atoms with Crippen LogP contribution in [0.2, 0.25) is 0 Å². The molecule has 0 aliphatic heterocycles. The Hall–Kier alpha value is -1.93. The van der Waals surface area contributed by atoms with Crippen molar-refractivity contribution in [3.63, 3.8) is 0 Å². The number of benzene rings is 1. The number of aryl methyl sites for hydroxylation is 2. The van der Waals surface area contributed by atoms with Crippen LogP contribution in [0.25, 0.3) is 11.0 Å². The predicted molar refractivity (Wildman–Crippen MR) is 78.7 cm³/mol. The van der Waals surface area contributed by atoms with Gasteiger partial charge in [0.25, 0.3) is 0 Å². The number of aromatic nitrogens is 2. The van der Waals surface area contributed by atoms with Crippen molar-refractivity contribution < 1.29 is 18.3 Å². The number of fused-ring (bicyclic) bond motifs is 1. The van der Waals surface area contributed by atoms with Crippen LogP contribution in [0.1, 0.15) is 29.5 Å². The fraction of sp³-hybridized carbons (Fsp3) is 0.385. The van der Waals surface area contributed by atoms with Gasteiger partial charge >= 0.3 is 5.97 Å². The van der Waals surface area contributed by atoms with Crippen molar-refractivity contribution in [3.05, 3.63) is 29.6 Å². The Morgan fingerprint density at radius 2 is 2.14 bits per heavy atom. The summed E-state index contributed by atoms with van der Waals surface area (Å²) in [4.78, 5) is 15.7. The van der Waals surface area contributed by atoms with Crippen LogP contribution in [0.15, 0.2) is 18.2 Å². The molecule has 0 spiro atoms. The van der Waals surface area contributed by atoms with E-state index in [0.29, 0.717) is 30.4 Å². The van der Waals surface area contributed by atoms with E-state index >= 15 is 0 Å². The highest BCUT2D eigenvalue weighted by molar-refractivity contribution is 7.89. The maximum absolute atomic E-state index is 11.3. The van der Waals surface area contributed by atoms with Crippen LogP contribution in [0.4, 0.5) is 0 Å². The topological polar surface area (TPSA) is 115 Å². The SMILES string of the molecule is CCc1nc2cccc(C(=O)O)c2n1CCCS(N)(=O)=O. The molecular weight excluding hydrogens is 294 g/mol. The van der Waals surface area contributed by atoms with Gasteiger partial charge in [-0.3, -0.25) is 0 Å². The van der Waals surface area contributed by atoms with E-state index < -0.39 is 16.0 Å². The molecule has 1 aromatic heterocycles. The molecule has 0 aliphatic carbocycles. The molecule has 1 heterocycles. The minimum atomic E-state index is -3.53. The Labute approximate surface area is 122 Å². The summed E-state index contributed by atoms with van der Waals surface area (Å²) >= 11 is 0. The molecule has 0 atom stereocenters. The molecule has 1 aromatic carbocycles. The molecule has 8 heteroatoms. The lowest BCUT2D eigenvalue weighted by Crippen LogP contribution is -2.18. The second-order valence-electron chi connectivity index (χ2n) is 4.73. The number of aromatic carboxylic acids is 1. The largest absolute Gasteiger partial charge is 0.478 e. The van der Waals surface area contributed by atoms with E-state index in [-0.39, 0.29) is 11.3 Å². The molecule has 2 aromatic rings. The molecular formula is C13H17N3O4S. The van der Waals surface area contributed by atoms with Crippen molar-refractivity contribution in [2.75, 3.05) is 5.75 Å². The number of rotatable bonds is 6. The zero-order valence-corrected chi connectivity index (χ0v) is 12.4. The van der Waals surface area contributed by atoms with Gasteiger partial charge in [-0.1, -0.05) is 13.0 Å². The summed E-state index contributed by atoms with van der Waals surface area (Å²) in [6, 6.07) is 4.91. The number of carboxylic acids is 1. The third-order valence-electron chi connectivity index (χ3n) is 3.20. The molecule has 0 bridgehead atoms. The van der Waals surface area contributed by atoms with Gasteiger partial charge in [0.1, 0.15) is 5.82 Å². The quantitative estimate of drug-likeness (QED) is 0.825. The summed E-state index contributed by atoms with van der Waals surface area (Å²) in [7, 11) is -3.53. The predicted octanol–water partition coefficient (Wildman–Crippen LogP) is 0.976. The van der Waals surface area contributed by atoms with Gasteiger partial charge in [-0.2, -0.15) is 0 Å². The lowest BCUT2D eigenvalue weighted by molar-refractivity contribution is 0.0698. The fourth-order valence-corrected chi connectivity index (χ4v) is 2.87. The molecule has 114 valence electrons. The average molecular weight is 311 g/mol. The number of primary sulfonamides is 1. The van der Waals surface area contributed by atoms with Crippen LogP contribution in [0.3, 0.4) is 0 Å². The van der Waals surface area contributed by atoms with E-state index in [1.165, 1.54) is 6.07 Å². The number of sulfonamides is 1. The third-order valence-corrected chi connectivity index (χ3v) is 4.06. The minimum Gasteiger partial charge on any atom is -0.478 e. The van der Waals surface area contributed by atoms with Crippen molar-refractivity contribution in [3.8, 4) is 0 Å². The molecule has 0 aliphatic rings. The number of nitrogens with two attached hydrogens (primary N) is 1. The number of hydrogen-bond donors (Lipinski definition) is 2. The molecule has 0 fully saturated rings. The summed E-state index contributed by atoms with van der Waals surface area (Å²) in [5.74, 6) is -0.450. The Morgan fingerprint density at radius 1 is 1.43 bits per heavy atom. The highest BCUT2D eigenvalue weighted by Crippen LogP contribution is 2.21. The average Bonchev–Trinajstić information content (AvgIpc) is 2.75. The molecule has 21 heavy (non-hydrogen) atoms. The zero-order valence-electron chi connectivity index (χ0n) is 11.6. The normalized spacial score (nSPS) is 11.9. The van der Waals surface area contributed by atoms with Crippen LogP contribution in [-0.4, -0.2) is 34.8 Å². The van der Waals surface area contributed by atoms with E-state index in [9.17, 15) is 18.3 Å². The van der Waals surface area contributed by atoms with Gasteiger partial charge in [-0.15, -0.1) is 0 Å². The van der Waals surface area contributed by atoms with Gasteiger partial charge in [-0.05, 0) is 18.6 Å². The summed E-state index contributed by atoms with van der Waals surface area (Å²) < 4.78 is 23.8. The van der Waals surface area contributed by atoms with Gasteiger partial charge in [-0.25, -0.2) is 23.3 Å². The lowest BCUT2D eigenvalue weighted by Gasteiger charge is -2.09. The van der Waals surface area contributed by atoms with Crippen LogP contribution in [0, 0.1) is 0 Å². The van der Waals surface area contributed by atoms with Crippen molar-refractivity contribution in [2.45, 2.75) is 26.3 Å². The maximum Gasteiger partial charge on any atom is 0.337 e. The number of carboxylic acid groups (broad SMARTS) is 1. The van der Waals surface area contributed by atoms with Crippen molar-refractivity contribution >= 4 is 27.0 Å². The van der Waals surface area contributed by atoms with Crippen molar-refractivity contribution in [2.24, 2.45) is 5.14 Å². The molecule has 0 saturated heterocycles. The van der Waals surface area contributed by atoms with Crippen molar-refractivity contribution in [1.29, 1.82) is 0 Å². The molecule has 0 saturated carbocycles. The van der Waals surface area contributed by atoms with Gasteiger partial charge in [0.15, 0.2) is 0 Å². The van der Waals surface area contributed by atoms with Gasteiger partial charge in [0.2, 0.25) is 10.0 Å². The van der Waals surface area contributed by atoms with E-state index in [2.05, 4.69) is 4.98 Å². The van der Waals surface area contributed by atoms with Crippen LogP contribution in [-0.2, 0) is 23.0 Å². The lowest BCUT2D eigenvalue weighted by atomic mass is 10.2. The Balaban J connectivity index is 2.46. The number of imidazole rings is 1. The van der Waals surface area contributed by atoms with Gasteiger partial charge < -0.3 is 9.67 Å². The van der Waals surface area contributed by atoms with Crippen LogP contribution < -0.4 is 5.14 Å². The summed E-state index contributed by atoms with van der Waals surface area (Å²) in [5.41, 5.74) is 1.29. The Bertz CT molecular complexity index is 780. The second-order valence-corrected chi connectivity index (χ2v) is 6.47. The van der Waals surface area contributed by atoms with Gasteiger partial charge in [0, 0.05) is 13.0 Å². The van der Waals surface area contributed by atoms with Crippen LogP contribution in [0.5, 0.6) is 0 Å². The first-order valence-corrected chi connectivity index (χ1v) is 8.27. The minimum absolute atomic E-state index is 0.148. The van der Waals surface area contributed by atoms with E-state index in [0.717, 1.165) is 5.82 Å². The first kappa shape index (κ1) is 15.5. The fourth-order valence-electron chi connectivity index (χ4n) is 2.34. The molecule has 7 nitrogen and oxygen atoms in total. The first-order valence-electron chi connectivity index (χ1n) is 6.55.